The van der Waals surface area contributed by atoms with Crippen LogP contribution in [0.1, 0.15) is 17.0 Å². The van der Waals surface area contributed by atoms with Crippen LogP contribution in [0.25, 0.3) is 0 Å². The van der Waals surface area contributed by atoms with E-state index >= 15 is 0 Å². The fraction of sp³-hybridized carbons (Fsp3) is 0.429. The van der Waals surface area contributed by atoms with E-state index in [4.69, 9.17) is 14.2 Å². The van der Waals surface area contributed by atoms with Gasteiger partial charge in [0.2, 0.25) is 5.91 Å². The average molecular weight is 509 g/mol. The number of nitrogens with zero attached hydrogens (tertiary/aromatic N) is 4. The summed E-state index contributed by atoms with van der Waals surface area (Å²) in [6.45, 7) is 4.76. The highest BCUT2D eigenvalue weighted by molar-refractivity contribution is 5.77. The molecule has 0 aliphatic carbocycles. The van der Waals surface area contributed by atoms with Gasteiger partial charge in [0.25, 0.3) is 0 Å². The van der Waals surface area contributed by atoms with Crippen LogP contribution < -0.4 is 9.47 Å². The van der Waals surface area contributed by atoms with Gasteiger partial charge in [-0.1, -0.05) is 29.8 Å². The van der Waals surface area contributed by atoms with Gasteiger partial charge in [-0.25, -0.2) is 4.98 Å². The smallest absolute Gasteiger partial charge is 0.248 e. The number of imidazole rings is 1. The van der Waals surface area contributed by atoms with Gasteiger partial charge in [0.05, 0.1) is 6.54 Å². The molecule has 1 aromatic heterocycles. The Hall–Kier alpha value is -3.40. The number of aryl methyl sites for hydroxylation is 2. The maximum absolute atomic E-state index is 12.6. The van der Waals surface area contributed by atoms with Crippen molar-refractivity contribution in [2.45, 2.75) is 25.7 Å². The number of rotatable bonds is 10. The van der Waals surface area contributed by atoms with E-state index in [2.05, 4.69) is 9.88 Å². The summed E-state index contributed by atoms with van der Waals surface area (Å²) in [5.41, 5.74) is 0.981. The Bertz CT molecular complexity index is 1150. The number of carbonyl (C=O) groups is 1. The zero-order valence-electron chi connectivity index (χ0n) is 21.8. The van der Waals surface area contributed by atoms with Crippen molar-refractivity contribution in [2.24, 2.45) is 7.05 Å². The van der Waals surface area contributed by atoms with Gasteiger partial charge < -0.3 is 28.8 Å². The molecule has 2 heterocycles. The number of aromatic nitrogens is 2. The van der Waals surface area contributed by atoms with Crippen molar-refractivity contribution in [2.75, 3.05) is 46.5 Å². The molecule has 0 spiro atoms. The molecule has 1 N–H and O–H groups in total. The summed E-state index contributed by atoms with van der Waals surface area (Å²) in [6, 6.07) is 15.6. The largest absolute Gasteiger partial charge is 0.490 e. The first-order valence-electron chi connectivity index (χ1n) is 12.4. The number of aliphatic hydroxyl groups is 1. The highest BCUT2D eigenvalue weighted by atomic mass is 16.5. The predicted octanol–water partition coefficient (Wildman–Crippen LogP) is 2.41. The second kappa shape index (κ2) is 12.2. The number of hydrogen-bond donors (Lipinski definition) is 1. The molecular weight excluding hydrogens is 472 g/mol. The monoisotopic (exact) mass is 508 g/mol. The summed E-state index contributed by atoms with van der Waals surface area (Å²) in [5.74, 6) is 2.16. The van der Waals surface area contributed by atoms with E-state index in [1.807, 2.05) is 73.3 Å². The zero-order valence-corrected chi connectivity index (χ0v) is 21.8. The Balaban J connectivity index is 1.41. The molecule has 37 heavy (non-hydrogen) atoms. The van der Waals surface area contributed by atoms with Crippen molar-refractivity contribution < 1.29 is 24.1 Å². The number of carbonyl (C=O) groups excluding carboxylic acids is 1. The lowest BCUT2D eigenvalue weighted by molar-refractivity contribution is -0.138. The van der Waals surface area contributed by atoms with Crippen molar-refractivity contribution in [3.8, 4) is 11.5 Å². The molecule has 1 fully saturated rings. The first-order valence-corrected chi connectivity index (χ1v) is 12.4. The van der Waals surface area contributed by atoms with Gasteiger partial charge in [-0.15, -0.1) is 0 Å². The minimum absolute atomic E-state index is 0.0192. The molecule has 4 rings (SSSR count). The Morgan fingerprint density at radius 3 is 2.41 bits per heavy atom. The van der Waals surface area contributed by atoms with E-state index in [1.54, 1.807) is 11.1 Å². The molecular formula is C28H36N4O5. The van der Waals surface area contributed by atoms with Gasteiger partial charge >= 0.3 is 0 Å². The number of hydrogen-bond acceptors (Lipinski definition) is 7. The minimum atomic E-state index is -1.24. The molecule has 198 valence electrons. The van der Waals surface area contributed by atoms with E-state index in [0.717, 1.165) is 22.7 Å². The predicted molar refractivity (Wildman–Crippen MR) is 139 cm³/mol. The highest BCUT2D eigenvalue weighted by Gasteiger charge is 2.37. The maximum atomic E-state index is 12.6. The summed E-state index contributed by atoms with van der Waals surface area (Å²) in [6.07, 6.45) is 3.64. The van der Waals surface area contributed by atoms with E-state index in [-0.39, 0.29) is 25.7 Å². The lowest BCUT2D eigenvalue weighted by Crippen LogP contribution is -2.52. The molecule has 1 saturated heterocycles. The van der Waals surface area contributed by atoms with Gasteiger partial charge in [-0.05, 0) is 36.8 Å². The summed E-state index contributed by atoms with van der Waals surface area (Å²) in [5, 5.41) is 11.6. The van der Waals surface area contributed by atoms with Crippen molar-refractivity contribution in [3.63, 3.8) is 0 Å². The molecule has 0 bridgehead atoms. The first-order chi connectivity index (χ1) is 17.8. The molecule has 1 aliphatic heterocycles. The van der Waals surface area contributed by atoms with E-state index in [1.165, 1.54) is 7.11 Å². The van der Waals surface area contributed by atoms with Crippen molar-refractivity contribution >= 4 is 5.91 Å². The molecule has 0 unspecified atom stereocenters. The van der Waals surface area contributed by atoms with Gasteiger partial charge in [-0.2, -0.15) is 0 Å². The number of benzene rings is 2. The van der Waals surface area contributed by atoms with Gasteiger partial charge in [0.15, 0.2) is 0 Å². The fourth-order valence-corrected chi connectivity index (χ4v) is 4.38. The van der Waals surface area contributed by atoms with Gasteiger partial charge in [0, 0.05) is 52.7 Å². The lowest BCUT2D eigenvalue weighted by atomic mass is 10.0. The molecule has 0 saturated carbocycles. The zero-order chi connectivity index (χ0) is 26.3. The molecule has 2 aromatic carbocycles. The van der Waals surface area contributed by atoms with Crippen LogP contribution in [-0.4, -0.2) is 82.5 Å². The van der Waals surface area contributed by atoms with Gasteiger partial charge in [-0.3, -0.25) is 9.69 Å². The average Bonchev–Trinajstić information content (AvgIpc) is 3.22. The Morgan fingerprint density at radius 1 is 1.03 bits per heavy atom. The Morgan fingerprint density at radius 2 is 1.73 bits per heavy atom. The summed E-state index contributed by atoms with van der Waals surface area (Å²) < 4.78 is 18.8. The molecule has 9 nitrogen and oxygen atoms in total. The molecule has 3 aromatic rings. The number of ether oxygens (including phenoxy) is 3. The van der Waals surface area contributed by atoms with E-state index in [0.29, 0.717) is 38.5 Å². The second-order valence-electron chi connectivity index (χ2n) is 9.67. The third-order valence-electron chi connectivity index (χ3n) is 6.46. The van der Waals surface area contributed by atoms with Crippen LogP contribution in [0.15, 0.2) is 60.9 Å². The van der Waals surface area contributed by atoms with Gasteiger partial charge in [0.1, 0.15) is 42.7 Å². The van der Waals surface area contributed by atoms with Crippen LogP contribution in [0.4, 0.5) is 0 Å². The summed E-state index contributed by atoms with van der Waals surface area (Å²) >= 11 is 0. The summed E-state index contributed by atoms with van der Waals surface area (Å²) in [7, 11) is 3.44. The molecule has 1 amide bonds. The first kappa shape index (κ1) is 26.7. The third-order valence-corrected chi connectivity index (χ3v) is 6.46. The third kappa shape index (κ3) is 7.55. The Kier molecular flexibility index (Phi) is 8.81. The van der Waals surface area contributed by atoms with Crippen molar-refractivity contribution in [1.82, 2.24) is 19.4 Å². The Labute approximate surface area is 218 Å². The van der Waals surface area contributed by atoms with Crippen LogP contribution in [-0.2, 0) is 29.7 Å². The second-order valence-corrected chi connectivity index (χ2v) is 9.67. The number of methoxy groups -OCH3 is 1. The normalized spacial score (nSPS) is 18.4. The topological polar surface area (TPSA) is 89.3 Å². The van der Waals surface area contributed by atoms with Crippen LogP contribution in [0.3, 0.4) is 0 Å². The quantitative estimate of drug-likeness (QED) is 0.450. The van der Waals surface area contributed by atoms with Crippen molar-refractivity contribution in [1.29, 1.82) is 0 Å². The SMILES string of the molecule is COCC(=O)N1CCN(Cc2ccc(OCc3nccn3C)cc2)C[C@@](O)(COc2ccc(C)cc2)C1. The van der Waals surface area contributed by atoms with Crippen molar-refractivity contribution in [3.05, 3.63) is 77.9 Å². The summed E-state index contributed by atoms with van der Waals surface area (Å²) in [4.78, 5) is 20.7. The lowest BCUT2D eigenvalue weighted by Gasteiger charge is -2.33. The molecule has 0 radical (unpaired) electrons. The molecule has 9 heteroatoms. The molecule has 1 aliphatic rings. The van der Waals surface area contributed by atoms with Crippen LogP contribution in [0, 0.1) is 6.92 Å². The fourth-order valence-electron chi connectivity index (χ4n) is 4.38. The standard InChI is InChI=1S/C28H36N4O5/c1-22-4-8-25(9-5-22)37-21-28(34)19-31(14-15-32(20-28)27(33)18-35-3)16-23-6-10-24(11-7-23)36-17-26-29-12-13-30(26)2/h4-13,34H,14-21H2,1-3H3/t28-/m0/s1. The maximum Gasteiger partial charge on any atom is 0.248 e. The number of β-amino-alcohol motifs (C(OH)–C–C–N with tert-alkyl or cyclic N) is 1. The van der Waals surface area contributed by atoms with Crippen LogP contribution in [0.2, 0.25) is 0 Å². The van der Waals surface area contributed by atoms with Crippen LogP contribution in [0.5, 0.6) is 11.5 Å². The van der Waals surface area contributed by atoms with E-state index < -0.39 is 5.60 Å². The minimum Gasteiger partial charge on any atom is -0.490 e. The molecule has 1 atom stereocenters. The van der Waals surface area contributed by atoms with Crippen LogP contribution >= 0.6 is 0 Å². The van der Waals surface area contributed by atoms with E-state index in [9.17, 15) is 9.90 Å². The number of amides is 1. The highest BCUT2D eigenvalue weighted by Crippen LogP contribution is 2.21.